The molecular formula is C26H27ClN4OS2. The van der Waals surface area contributed by atoms with Crippen LogP contribution >= 0.6 is 34.7 Å². The highest BCUT2D eigenvalue weighted by molar-refractivity contribution is 7.99. The van der Waals surface area contributed by atoms with E-state index in [9.17, 15) is 10.1 Å². The first-order valence-electron chi connectivity index (χ1n) is 11.3. The van der Waals surface area contributed by atoms with Crippen LogP contribution in [-0.2, 0) is 17.6 Å². The maximum Gasteiger partial charge on any atom is 0.226 e. The molecule has 0 spiro atoms. The first-order chi connectivity index (χ1) is 16.2. The van der Waals surface area contributed by atoms with E-state index in [1.807, 2.05) is 35.7 Å². The Hall–Kier alpha value is -2.40. The summed E-state index contributed by atoms with van der Waals surface area (Å²) < 4.78 is 0. The molecule has 2 heterocycles. The van der Waals surface area contributed by atoms with E-state index >= 15 is 0 Å². The summed E-state index contributed by atoms with van der Waals surface area (Å²) in [4.78, 5) is 21.8. The Morgan fingerprint density at radius 3 is 2.85 bits per heavy atom. The average molecular weight is 511 g/mol. The third-order valence-electron chi connectivity index (χ3n) is 6.17. The van der Waals surface area contributed by atoms with Gasteiger partial charge in [-0.1, -0.05) is 50.6 Å². The summed E-state index contributed by atoms with van der Waals surface area (Å²) in [6.45, 7) is 6.83. The van der Waals surface area contributed by atoms with Gasteiger partial charge < -0.3 is 5.32 Å². The second-order valence-electron chi connectivity index (χ2n) is 9.53. The number of aryl methyl sites for hydroxylation is 1. The lowest BCUT2D eigenvalue weighted by Gasteiger charge is -2.34. The number of carbonyl (C=O) groups excluding carboxylic acids is 1. The lowest BCUT2D eigenvalue weighted by Crippen LogP contribution is -2.27. The molecule has 5 nitrogen and oxygen atoms in total. The molecule has 1 aliphatic carbocycles. The van der Waals surface area contributed by atoms with Crippen LogP contribution in [0.1, 0.15) is 50.4 Å². The van der Waals surface area contributed by atoms with Gasteiger partial charge in [-0.15, -0.1) is 23.1 Å². The van der Waals surface area contributed by atoms with E-state index in [2.05, 4.69) is 37.1 Å². The Morgan fingerprint density at radius 2 is 2.12 bits per heavy atom. The highest BCUT2D eigenvalue weighted by atomic mass is 35.5. The van der Waals surface area contributed by atoms with Crippen molar-refractivity contribution in [3.05, 3.63) is 57.6 Å². The van der Waals surface area contributed by atoms with Gasteiger partial charge in [0.25, 0.3) is 0 Å². The Labute approximate surface area is 214 Å². The molecule has 2 aromatic heterocycles. The quantitative estimate of drug-likeness (QED) is 0.361. The highest BCUT2D eigenvalue weighted by Gasteiger charge is 2.30. The molecule has 4 rings (SSSR count). The Kier molecular flexibility index (Phi) is 7.61. The lowest BCUT2D eigenvalue weighted by atomic mass is 9.71. The third kappa shape index (κ3) is 5.80. The van der Waals surface area contributed by atoms with E-state index in [0.29, 0.717) is 33.8 Å². The number of rotatable bonds is 6. The number of thioether (sulfide) groups is 1. The smallest absolute Gasteiger partial charge is 0.226 e. The van der Waals surface area contributed by atoms with Gasteiger partial charge >= 0.3 is 0 Å². The highest BCUT2D eigenvalue weighted by Crippen LogP contribution is 2.38. The zero-order valence-corrected chi connectivity index (χ0v) is 21.9. The number of fused-ring (bicyclic) bond motifs is 1. The minimum absolute atomic E-state index is 0.114. The number of nitrogens with one attached hydrogen (secondary N) is 1. The van der Waals surface area contributed by atoms with Crippen molar-refractivity contribution in [2.24, 2.45) is 11.3 Å². The number of anilines is 1. The van der Waals surface area contributed by atoms with Crippen LogP contribution in [0.4, 0.5) is 5.13 Å². The van der Waals surface area contributed by atoms with Crippen LogP contribution < -0.4 is 5.32 Å². The standard InChI is InChI=1S/C26H27ClN4OS2/c1-26(2,3)18-8-9-21-16(13-18)12-17(14-28)24(29-21)33-11-10-23(32)31-25-30-22(15-34-25)19-6-4-5-7-20(19)27/h4-7,12,15,18H,8-11,13H2,1-3H3,(H,30,31,32). The molecular weight excluding hydrogens is 484 g/mol. The van der Waals surface area contributed by atoms with E-state index in [1.54, 1.807) is 0 Å². The van der Waals surface area contributed by atoms with E-state index in [1.165, 1.54) is 28.7 Å². The van der Waals surface area contributed by atoms with Crippen molar-refractivity contribution in [1.82, 2.24) is 9.97 Å². The molecule has 0 aliphatic heterocycles. The molecule has 3 aromatic rings. The molecule has 34 heavy (non-hydrogen) atoms. The number of pyridine rings is 1. The normalized spacial score (nSPS) is 15.4. The van der Waals surface area contributed by atoms with Gasteiger partial charge in [-0.05, 0) is 48.3 Å². The maximum atomic E-state index is 12.5. The summed E-state index contributed by atoms with van der Waals surface area (Å²) in [6, 6.07) is 11.8. The molecule has 1 unspecified atom stereocenters. The molecule has 1 N–H and O–H groups in total. The number of nitrogens with zero attached hydrogens (tertiary/aromatic N) is 3. The predicted octanol–water partition coefficient (Wildman–Crippen LogP) is 7.00. The summed E-state index contributed by atoms with van der Waals surface area (Å²) in [5, 5.41) is 16.3. The van der Waals surface area contributed by atoms with E-state index in [-0.39, 0.29) is 11.3 Å². The van der Waals surface area contributed by atoms with Gasteiger partial charge in [-0.3, -0.25) is 4.79 Å². The van der Waals surface area contributed by atoms with Gasteiger partial charge in [0.05, 0.1) is 11.3 Å². The molecule has 176 valence electrons. The zero-order chi connectivity index (χ0) is 24.3. The number of carbonyl (C=O) groups is 1. The molecule has 1 aromatic carbocycles. The number of nitriles is 1. The fourth-order valence-corrected chi connectivity index (χ4v) is 6.00. The third-order valence-corrected chi connectivity index (χ3v) is 8.25. The molecule has 1 atom stereocenters. The predicted molar refractivity (Wildman–Crippen MR) is 140 cm³/mol. The molecule has 0 radical (unpaired) electrons. The van der Waals surface area contributed by atoms with Gasteiger partial charge in [0.2, 0.25) is 5.91 Å². The van der Waals surface area contributed by atoms with E-state index in [0.717, 1.165) is 41.2 Å². The first-order valence-corrected chi connectivity index (χ1v) is 13.5. The first kappa shape index (κ1) is 24.7. The minimum Gasteiger partial charge on any atom is -0.302 e. The van der Waals surface area contributed by atoms with Gasteiger partial charge in [0.1, 0.15) is 11.1 Å². The van der Waals surface area contributed by atoms with Crippen molar-refractivity contribution >= 4 is 45.7 Å². The van der Waals surface area contributed by atoms with Gasteiger partial charge in [0, 0.05) is 33.8 Å². The monoisotopic (exact) mass is 510 g/mol. The second-order valence-corrected chi connectivity index (χ2v) is 11.9. The number of benzene rings is 1. The van der Waals surface area contributed by atoms with E-state index in [4.69, 9.17) is 16.6 Å². The lowest BCUT2D eigenvalue weighted by molar-refractivity contribution is -0.115. The summed E-state index contributed by atoms with van der Waals surface area (Å²) >= 11 is 9.08. The van der Waals surface area contributed by atoms with Crippen molar-refractivity contribution in [1.29, 1.82) is 5.26 Å². The SMILES string of the molecule is CC(C)(C)C1CCc2nc(SCCC(=O)Nc3nc(-c4ccccc4Cl)cs3)c(C#N)cc2C1. The number of amides is 1. The van der Waals surface area contributed by atoms with Crippen LogP contribution in [0.5, 0.6) is 0 Å². The van der Waals surface area contributed by atoms with Crippen LogP contribution in [0.2, 0.25) is 5.02 Å². The topological polar surface area (TPSA) is 78.7 Å². The largest absolute Gasteiger partial charge is 0.302 e. The molecule has 0 saturated carbocycles. The van der Waals surface area contributed by atoms with Crippen molar-refractivity contribution in [2.75, 3.05) is 11.1 Å². The summed E-state index contributed by atoms with van der Waals surface area (Å²) in [5.74, 6) is 1.02. The summed E-state index contributed by atoms with van der Waals surface area (Å²) in [7, 11) is 0. The number of halogens is 1. The number of aromatic nitrogens is 2. The molecule has 1 amide bonds. The molecule has 1 aliphatic rings. The van der Waals surface area contributed by atoms with Crippen LogP contribution in [0.3, 0.4) is 0 Å². The van der Waals surface area contributed by atoms with Gasteiger partial charge in [-0.2, -0.15) is 5.26 Å². The Morgan fingerprint density at radius 1 is 1.32 bits per heavy atom. The zero-order valence-electron chi connectivity index (χ0n) is 19.5. The molecule has 0 fully saturated rings. The second kappa shape index (κ2) is 10.5. The minimum atomic E-state index is -0.114. The number of thiazole rings is 1. The fourth-order valence-electron chi connectivity index (χ4n) is 4.12. The molecule has 8 heteroatoms. The summed E-state index contributed by atoms with van der Waals surface area (Å²) in [5.41, 5.74) is 4.72. The van der Waals surface area contributed by atoms with Crippen LogP contribution in [0.15, 0.2) is 40.7 Å². The van der Waals surface area contributed by atoms with Crippen molar-refractivity contribution in [2.45, 2.75) is 51.5 Å². The molecule has 0 saturated heterocycles. The van der Waals surface area contributed by atoms with Crippen LogP contribution in [0, 0.1) is 22.7 Å². The Balaban J connectivity index is 1.34. The van der Waals surface area contributed by atoms with Crippen LogP contribution in [0.25, 0.3) is 11.3 Å². The van der Waals surface area contributed by atoms with Crippen molar-refractivity contribution in [3.8, 4) is 17.3 Å². The summed E-state index contributed by atoms with van der Waals surface area (Å²) in [6.07, 6.45) is 3.33. The fraction of sp³-hybridized carbons (Fsp3) is 0.385. The maximum absolute atomic E-state index is 12.5. The van der Waals surface area contributed by atoms with Crippen molar-refractivity contribution in [3.63, 3.8) is 0 Å². The van der Waals surface area contributed by atoms with Crippen molar-refractivity contribution < 1.29 is 4.79 Å². The van der Waals surface area contributed by atoms with E-state index < -0.39 is 0 Å². The van der Waals surface area contributed by atoms with Gasteiger partial charge in [0.15, 0.2) is 5.13 Å². The average Bonchev–Trinajstić information content (AvgIpc) is 3.26. The van der Waals surface area contributed by atoms with Gasteiger partial charge in [-0.25, -0.2) is 9.97 Å². The Bertz CT molecular complexity index is 1240. The van der Waals surface area contributed by atoms with Crippen LogP contribution in [-0.4, -0.2) is 21.6 Å². The molecule has 0 bridgehead atoms. The number of hydrogen-bond donors (Lipinski definition) is 1. The number of hydrogen-bond acceptors (Lipinski definition) is 6.